The number of phenols is 1. The molecular weight excluding hydrogens is 371 g/mol. The molecule has 0 radical (unpaired) electrons. The fourth-order valence-corrected chi connectivity index (χ4v) is 3.31. The van der Waals surface area contributed by atoms with Gasteiger partial charge in [0.2, 0.25) is 0 Å². The van der Waals surface area contributed by atoms with E-state index < -0.39 is 17.5 Å². The number of halogens is 1. The highest BCUT2D eigenvalue weighted by Crippen LogP contribution is 2.24. The number of aromatic hydroxyl groups is 1. The molecular formula is C22H27FN4O2. The number of rotatable bonds is 7. The van der Waals surface area contributed by atoms with Crippen LogP contribution in [-0.2, 0) is 0 Å². The second kappa shape index (κ2) is 9.41. The van der Waals surface area contributed by atoms with Crippen LogP contribution in [0.4, 0.5) is 15.8 Å². The molecule has 0 saturated carbocycles. The van der Waals surface area contributed by atoms with E-state index in [0.29, 0.717) is 18.8 Å². The number of amides is 1. The van der Waals surface area contributed by atoms with Crippen molar-refractivity contribution in [3.8, 4) is 5.75 Å². The van der Waals surface area contributed by atoms with Crippen LogP contribution in [0.3, 0.4) is 0 Å². The van der Waals surface area contributed by atoms with Crippen LogP contribution in [0.1, 0.15) is 42.6 Å². The third-order valence-electron chi connectivity index (χ3n) is 5.04. The van der Waals surface area contributed by atoms with Crippen molar-refractivity contribution >= 4 is 23.5 Å². The van der Waals surface area contributed by atoms with Crippen LogP contribution < -0.4 is 10.2 Å². The first-order valence-corrected chi connectivity index (χ1v) is 9.99. The van der Waals surface area contributed by atoms with Gasteiger partial charge in [-0.25, -0.2) is 4.39 Å². The van der Waals surface area contributed by atoms with Crippen LogP contribution in [0.15, 0.2) is 41.5 Å². The standard InChI is InChI=1S/C22H27FN4O2/c1-3-27(4-2)24-15-17-13-16(14-20(23)21(17)28)22(29)25-18-7-9-19(10-8-18)26-11-5-6-12-26/h7-10,13-15,28H,3-6,11-12H2,1-2H3,(H,25,29). The van der Waals surface area contributed by atoms with Gasteiger partial charge < -0.3 is 15.3 Å². The lowest BCUT2D eigenvalue weighted by molar-refractivity contribution is 0.102. The third-order valence-corrected chi connectivity index (χ3v) is 5.04. The minimum atomic E-state index is -0.858. The molecule has 6 nitrogen and oxygen atoms in total. The summed E-state index contributed by atoms with van der Waals surface area (Å²) in [6, 6.07) is 10.1. The Balaban J connectivity index is 1.74. The lowest BCUT2D eigenvalue weighted by atomic mass is 10.1. The molecule has 7 heteroatoms. The van der Waals surface area contributed by atoms with Crippen molar-refractivity contribution in [3.63, 3.8) is 0 Å². The number of nitrogens with one attached hydrogen (secondary N) is 1. The predicted octanol–water partition coefficient (Wildman–Crippen LogP) is 4.06. The minimum Gasteiger partial charge on any atom is -0.504 e. The zero-order chi connectivity index (χ0) is 20.8. The van der Waals surface area contributed by atoms with Crippen molar-refractivity contribution in [1.82, 2.24) is 5.01 Å². The number of anilines is 2. The molecule has 154 valence electrons. The number of hydrazone groups is 1. The van der Waals surface area contributed by atoms with Crippen molar-refractivity contribution < 1.29 is 14.3 Å². The zero-order valence-corrected chi connectivity index (χ0v) is 16.9. The molecule has 0 atom stereocenters. The second-order valence-corrected chi connectivity index (χ2v) is 6.97. The van der Waals surface area contributed by atoms with Gasteiger partial charge in [0.1, 0.15) is 0 Å². The Morgan fingerprint density at radius 2 is 1.86 bits per heavy atom. The lowest BCUT2D eigenvalue weighted by Crippen LogP contribution is -2.17. The third kappa shape index (κ3) is 5.04. The summed E-state index contributed by atoms with van der Waals surface area (Å²) in [5, 5.41) is 18.7. The quantitative estimate of drug-likeness (QED) is 0.545. The smallest absolute Gasteiger partial charge is 0.255 e. The van der Waals surface area contributed by atoms with Crippen LogP contribution in [0.2, 0.25) is 0 Å². The highest BCUT2D eigenvalue weighted by Gasteiger charge is 2.15. The molecule has 3 rings (SSSR count). The monoisotopic (exact) mass is 398 g/mol. The highest BCUT2D eigenvalue weighted by atomic mass is 19.1. The molecule has 2 aromatic rings. The Bertz CT molecular complexity index is 873. The van der Waals surface area contributed by atoms with Crippen LogP contribution >= 0.6 is 0 Å². The van der Waals surface area contributed by atoms with Gasteiger partial charge in [-0.1, -0.05) is 0 Å². The van der Waals surface area contributed by atoms with Gasteiger partial charge in [-0.15, -0.1) is 0 Å². The molecule has 2 aromatic carbocycles. The van der Waals surface area contributed by atoms with E-state index >= 15 is 0 Å². The van der Waals surface area contributed by atoms with E-state index in [1.807, 2.05) is 38.1 Å². The molecule has 1 aliphatic rings. The largest absolute Gasteiger partial charge is 0.504 e. The van der Waals surface area contributed by atoms with Crippen LogP contribution in [0.25, 0.3) is 0 Å². The Morgan fingerprint density at radius 3 is 2.48 bits per heavy atom. The summed E-state index contributed by atoms with van der Waals surface area (Å²) in [6.45, 7) is 7.36. The van der Waals surface area contributed by atoms with Gasteiger partial charge in [0.25, 0.3) is 5.91 Å². The van der Waals surface area contributed by atoms with E-state index in [9.17, 15) is 14.3 Å². The Labute approximate surface area is 170 Å². The SMILES string of the molecule is CCN(CC)N=Cc1cc(C(=O)Nc2ccc(N3CCCC3)cc2)cc(F)c1O. The van der Waals surface area contributed by atoms with Gasteiger partial charge in [-0.05, 0) is 63.1 Å². The molecule has 2 N–H and O–H groups in total. The number of hydrogen-bond acceptors (Lipinski definition) is 5. The van der Waals surface area contributed by atoms with Gasteiger partial charge in [-0.3, -0.25) is 9.80 Å². The minimum absolute atomic E-state index is 0.116. The van der Waals surface area contributed by atoms with Crippen molar-refractivity contribution in [2.75, 3.05) is 36.4 Å². The van der Waals surface area contributed by atoms with Gasteiger partial charge in [0.15, 0.2) is 11.6 Å². The highest BCUT2D eigenvalue weighted by molar-refractivity contribution is 6.05. The lowest BCUT2D eigenvalue weighted by Gasteiger charge is -2.17. The summed E-state index contributed by atoms with van der Waals surface area (Å²) in [4.78, 5) is 14.9. The summed E-state index contributed by atoms with van der Waals surface area (Å²) in [5.41, 5.74) is 2.03. The Morgan fingerprint density at radius 1 is 1.21 bits per heavy atom. The molecule has 1 aliphatic heterocycles. The molecule has 29 heavy (non-hydrogen) atoms. The number of hydrogen-bond donors (Lipinski definition) is 2. The molecule has 0 aliphatic carbocycles. The molecule has 1 saturated heterocycles. The predicted molar refractivity (Wildman–Crippen MR) is 114 cm³/mol. The van der Waals surface area contributed by atoms with E-state index in [-0.39, 0.29) is 11.1 Å². The Hall–Kier alpha value is -3.09. The summed E-state index contributed by atoms with van der Waals surface area (Å²) >= 11 is 0. The molecule has 0 unspecified atom stereocenters. The fourth-order valence-electron chi connectivity index (χ4n) is 3.31. The van der Waals surface area contributed by atoms with Crippen molar-refractivity contribution in [2.24, 2.45) is 5.10 Å². The first-order chi connectivity index (χ1) is 14.0. The number of benzene rings is 2. The summed E-state index contributed by atoms with van der Waals surface area (Å²) in [5.74, 6) is -1.83. The van der Waals surface area contributed by atoms with Crippen molar-refractivity contribution in [1.29, 1.82) is 0 Å². The van der Waals surface area contributed by atoms with E-state index in [0.717, 1.165) is 24.8 Å². The maximum absolute atomic E-state index is 14.1. The normalized spacial score (nSPS) is 13.8. The number of carbonyl (C=O) groups is 1. The molecule has 0 aromatic heterocycles. The van der Waals surface area contributed by atoms with Crippen molar-refractivity contribution in [3.05, 3.63) is 53.3 Å². The maximum atomic E-state index is 14.1. The number of nitrogens with zero attached hydrogens (tertiary/aromatic N) is 3. The average molecular weight is 398 g/mol. The topological polar surface area (TPSA) is 68.2 Å². The molecule has 0 spiro atoms. The summed E-state index contributed by atoms with van der Waals surface area (Å²) in [6.07, 6.45) is 3.77. The first kappa shape index (κ1) is 20.6. The van der Waals surface area contributed by atoms with E-state index in [2.05, 4.69) is 15.3 Å². The second-order valence-electron chi connectivity index (χ2n) is 6.97. The van der Waals surface area contributed by atoms with E-state index in [1.165, 1.54) is 25.1 Å². The maximum Gasteiger partial charge on any atom is 0.255 e. The average Bonchev–Trinajstić information content (AvgIpc) is 3.27. The first-order valence-electron chi connectivity index (χ1n) is 9.99. The summed E-state index contributed by atoms with van der Waals surface area (Å²) in [7, 11) is 0. The Kier molecular flexibility index (Phi) is 6.69. The van der Waals surface area contributed by atoms with Gasteiger partial charge in [-0.2, -0.15) is 5.10 Å². The van der Waals surface area contributed by atoms with Crippen molar-refractivity contribution in [2.45, 2.75) is 26.7 Å². The molecule has 1 fully saturated rings. The molecule has 0 bridgehead atoms. The molecule has 1 heterocycles. The summed E-state index contributed by atoms with van der Waals surface area (Å²) < 4.78 is 14.1. The van der Waals surface area contributed by atoms with Crippen LogP contribution in [0.5, 0.6) is 5.75 Å². The van der Waals surface area contributed by atoms with Gasteiger partial charge >= 0.3 is 0 Å². The van der Waals surface area contributed by atoms with E-state index in [1.54, 1.807) is 5.01 Å². The number of carbonyl (C=O) groups excluding carboxylic acids is 1. The zero-order valence-electron chi connectivity index (χ0n) is 16.9. The van der Waals surface area contributed by atoms with Crippen LogP contribution in [-0.4, -0.2) is 48.4 Å². The van der Waals surface area contributed by atoms with E-state index in [4.69, 9.17) is 0 Å². The van der Waals surface area contributed by atoms with Gasteiger partial charge in [0.05, 0.1) is 6.21 Å². The fraction of sp³-hybridized carbons (Fsp3) is 0.364. The molecule has 1 amide bonds. The number of phenolic OH excluding ortho intramolecular Hbond substituents is 1. The van der Waals surface area contributed by atoms with Crippen LogP contribution in [0, 0.1) is 5.82 Å². The van der Waals surface area contributed by atoms with Gasteiger partial charge in [0, 0.05) is 48.7 Å².